The van der Waals surface area contributed by atoms with Gasteiger partial charge in [0.05, 0.1) is 0 Å². The molecule has 3 N–H and O–H groups in total. The van der Waals surface area contributed by atoms with Crippen LogP contribution in [0.2, 0.25) is 0 Å². The molecule has 0 saturated heterocycles. The third-order valence-corrected chi connectivity index (χ3v) is 6.30. The van der Waals surface area contributed by atoms with E-state index < -0.39 is 23.8 Å². The van der Waals surface area contributed by atoms with Gasteiger partial charge >= 0.3 is 6.09 Å². The predicted molar refractivity (Wildman–Crippen MR) is 151 cm³/mol. The lowest BCUT2D eigenvalue weighted by molar-refractivity contribution is -0.145. The van der Waals surface area contributed by atoms with E-state index in [-0.39, 0.29) is 29.6 Å². The number of carbonyl (C=O) groups is 3. The van der Waals surface area contributed by atoms with Crippen molar-refractivity contribution in [3.8, 4) is 5.75 Å². The fraction of sp³-hybridized carbons (Fsp3) is 0.679. The smallest absolute Gasteiger partial charge is 0.408 e. The maximum absolute atomic E-state index is 14.2. The normalized spacial score (nSPS) is 14.1. The quantitative estimate of drug-likeness (QED) is 0.317. The molecule has 0 aromatic heterocycles. The Kier molecular flexibility index (Phi) is 13.3. The molecule has 1 aromatic carbocycles. The summed E-state index contributed by atoms with van der Waals surface area (Å²) < 4.78 is 5.44. The van der Waals surface area contributed by atoms with Gasteiger partial charge in [-0.25, -0.2) is 4.79 Å². The molecule has 0 spiro atoms. The number of phenols is 1. The average Bonchev–Trinajstić information content (AvgIpc) is 2.77. The first-order valence-electron chi connectivity index (χ1n) is 13.1. The molecule has 0 saturated carbocycles. The molecule has 9 heteroatoms. The summed E-state index contributed by atoms with van der Waals surface area (Å²) in [4.78, 5) is 42.1. The van der Waals surface area contributed by atoms with Gasteiger partial charge in [0.15, 0.2) is 0 Å². The Hall–Kier alpha value is -2.42. The molecule has 0 aliphatic carbocycles. The van der Waals surface area contributed by atoms with Crippen molar-refractivity contribution in [1.29, 1.82) is 0 Å². The molecule has 8 nitrogen and oxygen atoms in total. The zero-order chi connectivity index (χ0) is 28.3. The van der Waals surface area contributed by atoms with Crippen LogP contribution >= 0.6 is 11.8 Å². The molecule has 0 heterocycles. The molecular formula is C28H47N3O5S. The fourth-order valence-corrected chi connectivity index (χ4v) is 4.37. The van der Waals surface area contributed by atoms with E-state index in [0.717, 1.165) is 6.42 Å². The predicted octanol–water partition coefficient (Wildman–Crippen LogP) is 5.26. The minimum absolute atomic E-state index is 0.0712. The number of phenolic OH excluding ortho intramolecular Hbond substituents is 1. The highest BCUT2D eigenvalue weighted by Gasteiger charge is 2.38. The molecule has 0 radical (unpaired) electrons. The largest absolute Gasteiger partial charge is 0.508 e. The molecule has 0 aliphatic rings. The number of amides is 3. The molecule has 3 unspecified atom stereocenters. The third-order valence-electron chi connectivity index (χ3n) is 5.66. The van der Waals surface area contributed by atoms with Crippen LogP contribution in [0.4, 0.5) is 4.79 Å². The van der Waals surface area contributed by atoms with E-state index in [9.17, 15) is 19.5 Å². The molecule has 0 aliphatic heterocycles. The number of ether oxygens (including phenoxy) is 1. The van der Waals surface area contributed by atoms with Gasteiger partial charge in [-0.1, -0.05) is 26.0 Å². The van der Waals surface area contributed by atoms with E-state index in [1.165, 1.54) is 12.1 Å². The lowest BCUT2D eigenvalue weighted by Crippen LogP contribution is -2.56. The van der Waals surface area contributed by atoms with Crippen LogP contribution in [-0.4, -0.2) is 63.6 Å². The van der Waals surface area contributed by atoms with Gasteiger partial charge in [-0.15, -0.1) is 0 Å². The standard InChI is InChI=1S/C28H47N3O5S/c1-18(2)10-11-20(5)31(24(25(33)29-19(3)4)21-12-14-22(32)15-13-21)26(34)23(16-17-37-9)30-27(35)36-28(6,7)8/h12-15,18-20,23-24,32H,10-11,16-17H2,1-9H3,(H,29,33)(H,30,35). The van der Waals surface area contributed by atoms with Gasteiger partial charge in [0.25, 0.3) is 0 Å². The second-order valence-electron chi connectivity index (χ2n) is 11.2. The zero-order valence-electron chi connectivity index (χ0n) is 24.0. The number of nitrogens with one attached hydrogen (secondary N) is 2. The first-order chi connectivity index (χ1) is 17.2. The second-order valence-corrected chi connectivity index (χ2v) is 12.2. The summed E-state index contributed by atoms with van der Waals surface area (Å²) in [6.45, 7) is 15.2. The van der Waals surface area contributed by atoms with E-state index in [0.29, 0.717) is 30.1 Å². The topological polar surface area (TPSA) is 108 Å². The monoisotopic (exact) mass is 537 g/mol. The molecule has 3 atom stereocenters. The Morgan fingerprint density at radius 2 is 1.57 bits per heavy atom. The highest BCUT2D eigenvalue weighted by atomic mass is 32.2. The summed E-state index contributed by atoms with van der Waals surface area (Å²) in [5.41, 5.74) is -0.130. The van der Waals surface area contributed by atoms with Crippen molar-refractivity contribution in [3.05, 3.63) is 29.8 Å². The third kappa shape index (κ3) is 11.7. The van der Waals surface area contributed by atoms with Crippen molar-refractivity contribution in [1.82, 2.24) is 15.5 Å². The molecule has 0 fully saturated rings. The van der Waals surface area contributed by atoms with Crippen LogP contribution in [0.1, 0.15) is 86.3 Å². The Bertz CT molecular complexity index is 868. The van der Waals surface area contributed by atoms with Crippen LogP contribution in [-0.2, 0) is 14.3 Å². The van der Waals surface area contributed by atoms with Crippen molar-refractivity contribution in [3.63, 3.8) is 0 Å². The minimum Gasteiger partial charge on any atom is -0.508 e. The maximum atomic E-state index is 14.2. The number of hydrogen-bond donors (Lipinski definition) is 3. The van der Waals surface area contributed by atoms with Gasteiger partial charge in [0.2, 0.25) is 11.8 Å². The highest BCUT2D eigenvalue weighted by molar-refractivity contribution is 7.98. The number of rotatable bonds is 13. The van der Waals surface area contributed by atoms with Crippen LogP contribution in [0.15, 0.2) is 24.3 Å². The number of alkyl carbamates (subject to hydrolysis) is 1. The zero-order valence-corrected chi connectivity index (χ0v) is 24.8. The summed E-state index contributed by atoms with van der Waals surface area (Å²) in [5.74, 6) is 0.479. The van der Waals surface area contributed by atoms with Crippen molar-refractivity contribution < 1.29 is 24.2 Å². The van der Waals surface area contributed by atoms with Gasteiger partial charge in [0, 0.05) is 12.1 Å². The SMILES string of the molecule is CSCCC(NC(=O)OC(C)(C)C)C(=O)N(C(C)CCC(C)C)C(C(=O)NC(C)C)c1ccc(O)cc1. The van der Waals surface area contributed by atoms with Crippen LogP contribution in [0, 0.1) is 5.92 Å². The van der Waals surface area contributed by atoms with Gasteiger partial charge in [-0.3, -0.25) is 9.59 Å². The van der Waals surface area contributed by atoms with E-state index in [1.54, 1.807) is 49.6 Å². The van der Waals surface area contributed by atoms with Gasteiger partial charge < -0.3 is 25.4 Å². The van der Waals surface area contributed by atoms with E-state index in [4.69, 9.17) is 4.74 Å². The van der Waals surface area contributed by atoms with E-state index in [2.05, 4.69) is 24.5 Å². The number of thioether (sulfide) groups is 1. The number of nitrogens with zero attached hydrogens (tertiary/aromatic N) is 1. The average molecular weight is 538 g/mol. The molecule has 210 valence electrons. The second kappa shape index (κ2) is 15.1. The summed E-state index contributed by atoms with van der Waals surface area (Å²) in [7, 11) is 0. The molecule has 1 rings (SSSR count). The van der Waals surface area contributed by atoms with Crippen molar-refractivity contribution >= 4 is 29.7 Å². The van der Waals surface area contributed by atoms with Crippen LogP contribution in [0.25, 0.3) is 0 Å². The number of hydrogen-bond acceptors (Lipinski definition) is 6. The molecule has 3 amide bonds. The van der Waals surface area contributed by atoms with Crippen LogP contribution < -0.4 is 10.6 Å². The van der Waals surface area contributed by atoms with Crippen molar-refractivity contribution in [2.75, 3.05) is 12.0 Å². The van der Waals surface area contributed by atoms with Crippen LogP contribution in [0.5, 0.6) is 5.75 Å². The summed E-state index contributed by atoms with van der Waals surface area (Å²) in [6.07, 6.45) is 3.21. The van der Waals surface area contributed by atoms with Crippen molar-refractivity contribution in [2.45, 2.75) is 104 Å². The Labute approximate surface area is 227 Å². The molecule has 37 heavy (non-hydrogen) atoms. The van der Waals surface area contributed by atoms with Gasteiger partial charge in [-0.2, -0.15) is 11.8 Å². The van der Waals surface area contributed by atoms with E-state index in [1.807, 2.05) is 27.0 Å². The van der Waals surface area contributed by atoms with Crippen molar-refractivity contribution in [2.24, 2.45) is 5.92 Å². The van der Waals surface area contributed by atoms with Gasteiger partial charge in [-0.05, 0) is 96.4 Å². The Balaban J connectivity index is 3.56. The first kappa shape index (κ1) is 32.6. The summed E-state index contributed by atoms with van der Waals surface area (Å²) in [6, 6.07) is 4.12. The molecular weight excluding hydrogens is 490 g/mol. The number of carbonyl (C=O) groups excluding carboxylic acids is 3. The fourth-order valence-electron chi connectivity index (χ4n) is 3.89. The summed E-state index contributed by atoms with van der Waals surface area (Å²) in [5, 5.41) is 15.6. The lowest BCUT2D eigenvalue weighted by atomic mass is 9.96. The molecule has 1 aromatic rings. The number of benzene rings is 1. The first-order valence-corrected chi connectivity index (χ1v) is 14.5. The lowest BCUT2D eigenvalue weighted by Gasteiger charge is -2.39. The van der Waals surface area contributed by atoms with E-state index >= 15 is 0 Å². The summed E-state index contributed by atoms with van der Waals surface area (Å²) >= 11 is 1.57. The Morgan fingerprint density at radius 1 is 0.973 bits per heavy atom. The van der Waals surface area contributed by atoms with Crippen LogP contribution in [0.3, 0.4) is 0 Å². The number of aromatic hydroxyl groups is 1. The van der Waals surface area contributed by atoms with Gasteiger partial charge in [0.1, 0.15) is 23.4 Å². The molecule has 0 bridgehead atoms. The highest BCUT2D eigenvalue weighted by Crippen LogP contribution is 2.29. The Morgan fingerprint density at radius 3 is 2.05 bits per heavy atom. The minimum atomic E-state index is -0.935. The maximum Gasteiger partial charge on any atom is 0.408 e.